The third-order valence-electron chi connectivity index (χ3n) is 5.25. The molecule has 1 aliphatic rings. The number of amides is 1. The molecule has 5 nitrogen and oxygen atoms in total. The minimum atomic E-state index is -0.0153. The normalized spacial score (nSPS) is 18.7. The van der Waals surface area contributed by atoms with E-state index in [1.54, 1.807) is 6.20 Å². The van der Waals surface area contributed by atoms with Gasteiger partial charge < -0.3 is 5.32 Å². The van der Waals surface area contributed by atoms with E-state index in [1.807, 2.05) is 41.2 Å². The molecule has 0 saturated carbocycles. The number of rotatable bonds is 6. The molecule has 1 unspecified atom stereocenters. The van der Waals surface area contributed by atoms with Crippen molar-refractivity contribution in [2.75, 3.05) is 19.6 Å². The highest BCUT2D eigenvalue weighted by atomic mass is 16.1. The summed E-state index contributed by atoms with van der Waals surface area (Å²) in [5, 5.41) is 7.47. The van der Waals surface area contributed by atoms with Gasteiger partial charge in [0.05, 0.1) is 18.3 Å². The van der Waals surface area contributed by atoms with Crippen molar-refractivity contribution in [1.29, 1.82) is 0 Å². The van der Waals surface area contributed by atoms with Crippen molar-refractivity contribution in [2.45, 2.75) is 45.6 Å². The number of benzene rings is 1. The Kier molecular flexibility index (Phi) is 5.77. The molecule has 1 saturated heterocycles. The van der Waals surface area contributed by atoms with Gasteiger partial charge in [0.1, 0.15) is 0 Å². The van der Waals surface area contributed by atoms with Gasteiger partial charge in [-0.15, -0.1) is 0 Å². The predicted octanol–water partition coefficient (Wildman–Crippen LogP) is 3.04. The monoisotopic (exact) mass is 354 g/mol. The van der Waals surface area contributed by atoms with Crippen LogP contribution in [-0.4, -0.2) is 45.8 Å². The summed E-state index contributed by atoms with van der Waals surface area (Å²) in [6, 6.07) is 9.93. The number of nitrogens with one attached hydrogen (secondary N) is 1. The Balaban J connectivity index is 1.52. The lowest BCUT2D eigenvalue weighted by molar-refractivity contribution is -0.121. The van der Waals surface area contributed by atoms with E-state index in [-0.39, 0.29) is 11.4 Å². The molecule has 1 aromatic heterocycles. The lowest BCUT2D eigenvalue weighted by Crippen LogP contribution is -2.54. The van der Waals surface area contributed by atoms with Crippen LogP contribution in [0.4, 0.5) is 0 Å². The molecular weight excluding hydrogens is 324 g/mol. The van der Waals surface area contributed by atoms with Crippen LogP contribution in [-0.2, 0) is 11.2 Å². The van der Waals surface area contributed by atoms with E-state index in [2.05, 4.69) is 36.1 Å². The van der Waals surface area contributed by atoms with E-state index in [1.165, 1.54) is 12.8 Å². The van der Waals surface area contributed by atoms with E-state index < -0.39 is 0 Å². The first-order valence-corrected chi connectivity index (χ1v) is 9.55. The van der Waals surface area contributed by atoms with Crippen LogP contribution in [0.25, 0.3) is 5.69 Å². The molecule has 1 amide bonds. The van der Waals surface area contributed by atoms with E-state index in [4.69, 9.17) is 0 Å². The van der Waals surface area contributed by atoms with Crippen LogP contribution < -0.4 is 5.32 Å². The fourth-order valence-electron chi connectivity index (χ4n) is 3.59. The first kappa shape index (κ1) is 18.6. The fraction of sp³-hybridized carbons (Fsp3) is 0.524. The van der Waals surface area contributed by atoms with Gasteiger partial charge in [-0.3, -0.25) is 9.69 Å². The van der Waals surface area contributed by atoms with Crippen molar-refractivity contribution in [3.05, 3.63) is 48.3 Å². The first-order valence-electron chi connectivity index (χ1n) is 9.55. The molecule has 26 heavy (non-hydrogen) atoms. The third-order valence-corrected chi connectivity index (χ3v) is 5.25. The number of carbonyl (C=O) groups is 1. The second-order valence-corrected chi connectivity index (χ2v) is 8.09. The summed E-state index contributed by atoms with van der Waals surface area (Å²) in [6.07, 6.45) is 6.61. The molecule has 0 radical (unpaired) electrons. The third kappa shape index (κ3) is 4.73. The van der Waals surface area contributed by atoms with Crippen LogP contribution >= 0.6 is 0 Å². The minimum Gasteiger partial charge on any atom is -0.354 e. The Morgan fingerprint density at radius 3 is 2.81 bits per heavy atom. The molecule has 1 fully saturated rings. The molecule has 1 aliphatic heterocycles. The summed E-state index contributed by atoms with van der Waals surface area (Å²) in [5.41, 5.74) is 1.91. The molecule has 0 bridgehead atoms. The Morgan fingerprint density at radius 1 is 1.31 bits per heavy atom. The smallest absolute Gasteiger partial charge is 0.224 e. The zero-order chi connectivity index (χ0) is 18.6. The molecule has 1 N–H and O–H groups in total. The van der Waals surface area contributed by atoms with Gasteiger partial charge in [-0.1, -0.05) is 25.1 Å². The zero-order valence-corrected chi connectivity index (χ0v) is 16.1. The number of piperidine rings is 1. The van der Waals surface area contributed by atoms with Crippen molar-refractivity contribution in [3.8, 4) is 5.69 Å². The van der Waals surface area contributed by atoms with Gasteiger partial charge in [0.25, 0.3) is 0 Å². The number of carbonyl (C=O) groups excluding carboxylic acids is 1. The van der Waals surface area contributed by atoms with E-state index >= 15 is 0 Å². The molecule has 0 spiro atoms. The molecular formula is C21H30N4O. The minimum absolute atomic E-state index is 0.0153. The zero-order valence-electron chi connectivity index (χ0n) is 16.1. The van der Waals surface area contributed by atoms with Crippen LogP contribution in [0.2, 0.25) is 0 Å². The Morgan fingerprint density at radius 2 is 2.08 bits per heavy atom. The van der Waals surface area contributed by atoms with Gasteiger partial charge in [0, 0.05) is 24.8 Å². The van der Waals surface area contributed by atoms with Crippen LogP contribution in [0.15, 0.2) is 42.7 Å². The Labute approximate surface area is 156 Å². The highest BCUT2D eigenvalue weighted by Gasteiger charge is 2.30. The second-order valence-electron chi connectivity index (χ2n) is 8.09. The summed E-state index contributed by atoms with van der Waals surface area (Å²) >= 11 is 0. The molecule has 1 aromatic carbocycles. The number of aromatic nitrogens is 2. The summed E-state index contributed by atoms with van der Waals surface area (Å²) in [5.74, 6) is 0.790. The Bertz CT molecular complexity index is 723. The number of nitrogens with zero attached hydrogens (tertiary/aromatic N) is 3. The first-order chi connectivity index (χ1) is 12.4. The average molecular weight is 354 g/mol. The standard InChI is InChI=1S/C21H30N4O/c1-17-8-7-11-24(14-17)21(2,3)16-22-20(26)12-18-13-23-25(15-18)19-9-5-4-6-10-19/h4-6,9-10,13,15,17H,7-8,11-12,14,16H2,1-3H3,(H,22,26). The lowest BCUT2D eigenvalue weighted by atomic mass is 9.93. The van der Waals surface area contributed by atoms with Gasteiger partial charge in [-0.25, -0.2) is 4.68 Å². The highest BCUT2D eigenvalue weighted by molar-refractivity contribution is 5.78. The lowest BCUT2D eigenvalue weighted by Gasteiger charge is -2.43. The average Bonchev–Trinajstić information content (AvgIpc) is 3.09. The van der Waals surface area contributed by atoms with Crippen molar-refractivity contribution in [1.82, 2.24) is 20.0 Å². The largest absolute Gasteiger partial charge is 0.354 e. The van der Waals surface area contributed by atoms with Crippen LogP contribution in [0.5, 0.6) is 0 Å². The predicted molar refractivity (Wildman–Crippen MR) is 104 cm³/mol. The highest BCUT2D eigenvalue weighted by Crippen LogP contribution is 2.23. The van der Waals surface area contributed by atoms with Crippen molar-refractivity contribution >= 4 is 5.91 Å². The maximum atomic E-state index is 12.4. The second kappa shape index (κ2) is 8.04. The van der Waals surface area contributed by atoms with Gasteiger partial charge in [0.2, 0.25) is 5.91 Å². The number of para-hydroxylation sites is 1. The molecule has 2 heterocycles. The molecule has 140 valence electrons. The molecule has 1 atom stereocenters. The fourth-order valence-corrected chi connectivity index (χ4v) is 3.59. The van der Waals surface area contributed by atoms with Crippen molar-refractivity contribution in [2.24, 2.45) is 5.92 Å². The van der Waals surface area contributed by atoms with Gasteiger partial charge in [-0.2, -0.15) is 5.10 Å². The van der Waals surface area contributed by atoms with Crippen molar-refractivity contribution < 1.29 is 4.79 Å². The molecule has 2 aromatic rings. The SMILES string of the molecule is CC1CCCN(C(C)(C)CNC(=O)Cc2cnn(-c3ccccc3)c2)C1. The topological polar surface area (TPSA) is 50.2 Å². The van der Waals surface area contributed by atoms with Gasteiger partial charge >= 0.3 is 0 Å². The Hall–Kier alpha value is -2.14. The summed E-state index contributed by atoms with van der Waals surface area (Å²) in [7, 11) is 0. The maximum Gasteiger partial charge on any atom is 0.224 e. The van der Waals surface area contributed by atoms with Crippen LogP contribution in [0, 0.1) is 5.92 Å². The molecule has 0 aliphatic carbocycles. The number of likely N-dealkylation sites (tertiary alicyclic amines) is 1. The number of hydrogen-bond acceptors (Lipinski definition) is 3. The van der Waals surface area contributed by atoms with Crippen LogP contribution in [0.1, 0.15) is 39.2 Å². The van der Waals surface area contributed by atoms with Gasteiger partial charge in [0.15, 0.2) is 0 Å². The maximum absolute atomic E-state index is 12.4. The quantitative estimate of drug-likeness (QED) is 0.867. The van der Waals surface area contributed by atoms with Crippen molar-refractivity contribution in [3.63, 3.8) is 0 Å². The molecule has 3 rings (SSSR count). The van der Waals surface area contributed by atoms with E-state index in [0.29, 0.717) is 13.0 Å². The van der Waals surface area contributed by atoms with Crippen LogP contribution in [0.3, 0.4) is 0 Å². The van der Waals surface area contributed by atoms with E-state index in [0.717, 1.165) is 30.3 Å². The van der Waals surface area contributed by atoms with E-state index in [9.17, 15) is 4.79 Å². The van der Waals surface area contributed by atoms with Gasteiger partial charge in [-0.05, 0) is 56.8 Å². The summed E-state index contributed by atoms with van der Waals surface area (Å²) < 4.78 is 1.81. The number of hydrogen-bond donors (Lipinski definition) is 1. The summed E-state index contributed by atoms with van der Waals surface area (Å²) in [4.78, 5) is 14.9. The molecule has 5 heteroatoms. The summed E-state index contributed by atoms with van der Waals surface area (Å²) in [6.45, 7) is 9.66.